The third-order valence-electron chi connectivity index (χ3n) is 8.24. The molecule has 0 saturated carbocycles. The minimum atomic E-state index is -1.36. The van der Waals surface area contributed by atoms with Crippen molar-refractivity contribution in [2.45, 2.75) is 25.4 Å². The maximum absolute atomic E-state index is 13.6. The van der Waals surface area contributed by atoms with E-state index in [9.17, 15) is 39.3 Å². The molecule has 0 aromatic heterocycles. The number of carboxylic acid groups (broad SMARTS) is 1. The van der Waals surface area contributed by atoms with Crippen molar-refractivity contribution in [1.82, 2.24) is 20.9 Å². The first kappa shape index (κ1) is 34.5. The van der Waals surface area contributed by atoms with E-state index >= 15 is 0 Å². The number of phenols is 2. The molecule has 5 rings (SSSR count). The molecule has 252 valence electrons. The number of phenolic OH excluding ortho intramolecular Hbond substituents is 2. The average molecular weight is 685 g/mol. The summed E-state index contributed by atoms with van der Waals surface area (Å²) in [6.07, 6.45) is -0.137. The van der Waals surface area contributed by atoms with Gasteiger partial charge in [-0.3, -0.25) is 19.2 Å². The lowest BCUT2D eigenvalue weighted by Crippen LogP contribution is -2.49. The number of nitrogens with one attached hydrogen (secondary N) is 3. The van der Waals surface area contributed by atoms with Crippen molar-refractivity contribution in [3.05, 3.63) is 106 Å². The Morgan fingerprint density at radius 1 is 0.918 bits per heavy atom. The zero-order valence-electron chi connectivity index (χ0n) is 26.5. The molecular weight excluding hydrogens is 652 g/mol. The predicted octanol–water partition coefficient (Wildman–Crippen LogP) is 3.56. The molecule has 49 heavy (non-hydrogen) atoms. The molecule has 0 fully saturated rings. The third-order valence-corrected chi connectivity index (χ3v) is 8.49. The standard InChI is InChI=1S/C36H33ClN4O8/c1-19-13-20-14-27(33(19)45)26-16-24(9-12-29(26)42)32(35(47)38-17-30(43)40-28(15-20)36(48)49)41(2)31(44)18-39-34(46)23-5-3-21(4-6-23)22-7-10-25(37)11-8-22/h3-14,16,28,32,42,45H,15,17-18H2,1-2H3,(H,38,47)(H,39,46)(H,40,43)(H,48,49). The number of aryl methyl sites for hydroxylation is 1. The molecule has 0 aliphatic carbocycles. The number of rotatable bonds is 6. The second-order valence-electron chi connectivity index (χ2n) is 11.6. The Morgan fingerprint density at radius 2 is 1.57 bits per heavy atom. The van der Waals surface area contributed by atoms with E-state index in [1.807, 2.05) is 12.1 Å². The molecule has 1 heterocycles. The van der Waals surface area contributed by atoms with E-state index in [0.29, 0.717) is 21.7 Å². The van der Waals surface area contributed by atoms with Crippen molar-refractivity contribution in [1.29, 1.82) is 0 Å². The van der Waals surface area contributed by atoms with E-state index in [0.717, 1.165) is 16.0 Å². The average Bonchev–Trinajstić information content (AvgIpc) is 3.08. The lowest BCUT2D eigenvalue weighted by molar-refractivity contribution is -0.142. The third kappa shape index (κ3) is 7.82. The fourth-order valence-corrected chi connectivity index (χ4v) is 5.72. The molecule has 2 atom stereocenters. The van der Waals surface area contributed by atoms with E-state index in [4.69, 9.17) is 11.6 Å². The van der Waals surface area contributed by atoms with Crippen LogP contribution in [0.3, 0.4) is 0 Å². The van der Waals surface area contributed by atoms with Crippen molar-refractivity contribution in [2.24, 2.45) is 0 Å². The number of benzene rings is 4. The van der Waals surface area contributed by atoms with E-state index < -0.39 is 54.8 Å². The molecule has 0 saturated heterocycles. The Labute approximate surface area is 286 Å². The number of carbonyl (C=O) groups is 5. The van der Waals surface area contributed by atoms with Crippen LogP contribution < -0.4 is 16.0 Å². The maximum atomic E-state index is 13.6. The SMILES string of the molecule is Cc1cc2cc(c1O)-c1cc(ccc1O)C(N(C)C(=O)CNC(=O)c1ccc(-c3ccc(Cl)cc3)cc1)C(=O)NCC(=O)NC(C(=O)O)C2. The molecule has 4 bridgehead atoms. The number of carbonyl (C=O) groups excluding carboxylic acids is 4. The van der Waals surface area contributed by atoms with E-state index in [1.165, 1.54) is 31.3 Å². The van der Waals surface area contributed by atoms with Crippen molar-refractivity contribution < 1.29 is 39.3 Å². The number of carboxylic acids is 1. The first-order chi connectivity index (χ1) is 23.3. The highest BCUT2D eigenvalue weighted by Crippen LogP contribution is 2.40. The first-order valence-corrected chi connectivity index (χ1v) is 15.6. The van der Waals surface area contributed by atoms with Crippen LogP contribution in [0, 0.1) is 6.92 Å². The predicted molar refractivity (Wildman–Crippen MR) is 181 cm³/mol. The zero-order valence-corrected chi connectivity index (χ0v) is 27.2. The maximum Gasteiger partial charge on any atom is 0.326 e. The molecule has 0 radical (unpaired) electrons. The Hall–Kier alpha value is -5.88. The monoisotopic (exact) mass is 684 g/mol. The number of nitrogens with zero attached hydrogens (tertiary/aromatic N) is 1. The van der Waals surface area contributed by atoms with Crippen LogP contribution in [0.5, 0.6) is 11.5 Å². The van der Waals surface area contributed by atoms with Crippen molar-refractivity contribution >= 4 is 41.2 Å². The van der Waals surface area contributed by atoms with Gasteiger partial charge in [0.25, 0.3) is 5.91 Å². The first-order valence-electron chi connectivity index (χ1n) is 15.2. The lowest BCUT2D eigenvalue weighted by atomic mass is 9.92. The minimum absolute atomic E-state index is 0.127. The van der Waals surface area contributed by atoms with Gasteiger partial charge in [-0.1, -0.05) is 48.0 Å². The number of amides is 4. The van der Waals surface area contributed by atoms with Crippen LogP contribution in [-0.2, 0) is 25.6 Å². The van der Waals surface area contributed by atoms with Crippen LogP contribution >= 0.6 is 11.6 Å². The van der Waals surface area contributed by atoms with Gasteiger partial charge in [0.1, 0.15) is 23.6 Å². The summed E-state index contributed by atoms with van der Waals surface area (Å²) in [6.45, 7) is 0.534. The number of hydrogen-bond acceptors (Lipinski definition) is 7. The van der Waals surface area contributed by atoms with Crippen LogP contribution in [0.15, 0.2) is 78.9 Å². The van der Waals surface area contributed by atoms with Gasteiger partial charge in [0, 0.05) is 35.2 Å². The van der Waals surface area contributed by atoms with Gasteiger partial charge in [-0.25, -0.2) is 4.79 Å². The van der Waals surface area contributed by atoms with E-state index in [-0.39, 0.29) is 34.6 Å². The summed E-state index contributed by atoms with van der Waals surface area (Å²) >= 11 is 5.97. The van der Waals surface area contributed by atoms with E-state index in [2.05, 4.69) is 16.0 Å². The molecule has 4 aromatic carbocycles. The van der Waals surface area contributed by atoms with Gasteiger partial charge in [-0.2, -0.15) is 0 Å². The van der Waals surface area contributed by atoms with Crippen LogP contribution in [0.4, 0.5) is 0 Å². The number of halogens is 1. The molecule has 2 unspecified atom stereocenters. The largest absolute Gasteiger partial charge is 0.507 e. The Balaban J connectivity index is 1.41. The lowest BCUT2D eigenvalue weighted by Gasteiger charge is -2.29. The van der Waals surface area contributed by atoms with Gasteiger partial charge >= 0.3 is 5.97 Å². The molecule has 1 aliphatic rings. The second-order valence-corrected chi connectivity index (χ2v) is 12.1. The molecule has 4 aromatic rings. The number of hydrogen-bond donors (Lipinski definition) is 6. The Bertz CT molecular complexity index is 1950. The Kier molecular flexibility index (Phi) is 10.2. The van der Waals surface area contributed by atoms with Gasteiger partial charge in [0.05, 0.1) is 13.1 Å². The van der Waals surface area contributed by atoms with Gasteiger partial charge < -0.3 is 36.2 Å². The smallest absolute Gasteiger partial charge is 0.326 e. The molecular formula is C36H33ClN4O8. The molecule has 1 aliphatic heterocycles. The number of likely N-dealkylation sites (N-methyl/N-ethyl adjacent to an activating group) is 1. The summed E-state index contributed by atoms with van der Waals surface area (Å²) in [4.78, 5) is 65.8. The molecule has 6 N–H and O–H groups in total. The molecule has 4 amide bonds. The minimum Gasteiger partial charge on any atom is -0.507 e. The number of fused-ring (bicyclic) bond motifs is 5. The van der Waals surface area contributed by atoms with Gasteiger partial charge in [-0.15, -0.1) is 0 Å². The number of aliphatic carboxylic acids is 1. The van der Waals surface area contributed by atoms with Gasteiger partial charge in [0.15, 0.2) is 0 Å². The molecule has 12 nitrogen and oxygen atoms in total. The second kappa shape index (κ2) is 14.5. The van der Waals surface area contributed by atoms with Crippen LogP contribution in [-0.4, -0.2) is 76.0 Å². The van der Waals surface area contributed by atoms with Crippen molar-refractivity contribution in [2.75, 3.05) is 20.1 Å². The van der Waals surface area contributed by atoms with Gasteiger partial charge in [0.2, 0.25) is 17.7 Å². The fraction of sp³-hybridized carbons (Fsp3) is 0.194. The zero-order chi connectivity index (χ0) is 35.4. The highest BCUT2D eigenvalue weighted by atomic mass is 35.5. The van der Waals surface area contributed by atoms with Crippen LogP contribution in [0.25, 0.3) is 22.3 Å². The Morgan fingerprint density at radius 3 is 2.22 bits per heavy atom. The summed E-state index contributed by atoms with van der Waals surface area (Å²) in [5, 5.41) is 39.5. The number of aromatic hydroxyl groups is 2. The highest BCUT2D eigenvalue weighted by Gasteiger charge is 2.31. The summed E-state index contributed by atoms with van der Waals surface area (Å²) in [7, 11) is 1.35. The summed E-state index contributed by atoms with van der Waals surface area (Å²) < 4.78 is 0. The normalized spacial score (nSPS) is 16.1. The molecule has 0 spiro atoms. The summed E-state index contributed by atoms with van der Waals surface area (Å²) in [5.41, 5.74) is 3.43. The fourth-order valence-electron chi connectivity index (χ4n) is 5.60. The molecule has 13 heteroatoms. The van der Waals surface area contributed by atoms with Crippen molar-refractivity contribution in [3.63, 3.8) is 0 Å². The highest BCUT2D eigenvalue weighted by molar-refractivity contribution is 6.30. The van der Waals surface area contributed by atoms with Gasteiger partial charge in [-0.05, 0) is 77.2 Å². The van der Waals surface area contributed by atoms with Crippen molar-refractivity contribution in [3.8, 4) is 33.8 Å². The summed E-state index contributed by atoms with van der Waals surface area (Å²) in [6, 6.07) is 18.5. The van der Waals surface area contributed by atoms with Crippen LogP contribution in [0.1, 0.15) is 33.1 Å². The quantitative estimate of drug-likeness (QED) is 0.178. The topological polar surface area (TPSA) is 185 Å². The summed E-state index contributed by atoms with van der Waals surface area (Å²) in [5.74, 6) is -4.49. The van der Waals surface area contributed by atoms with Crippen LogP contribution in [0.2, 0.25) is 5.02 Å². The van der Waals surface area contributed by atoms with E-state index in [1.54, 1.807) is 49.4 Å².